The van der Waals surface area contributed by atoms with Crippen LogP contribution < -0.4 is 4.90 Å². The number of carbonyl (C=O) groups is 1. The summed E-state index contributed by atoms with van der Waals surface area (Å²) in [5, 5.41) is 0.688. The number of Topliss-reactive ketones (excluding diaryl/α,β-unsaturated/α-hetero) is 1. The molecule has 0 saturated heterocycles. The lowest BCUT2D eigenvalue weighted by molar-refractivity contribution is 0.101. The predicted molar refractivity (Wildman–Crippen MR) is 58.4 cm³/mol. The van der Waals surface area contributed by atoms with Crippen molar-refractivity contribution in [1.29, 1.82) is 0 Å². The molecule has 1 aliphatic heterocycles. The average molecular weight is 210 g/mol. The Morgan fingerprint density at radius 3 is 2.86 bits per heavy atom. The Morgan fingerprint density at radius 1 is 1.50 bits per heavy atom. The van der Waals surface area contributed by atoms with Gasteiger partial charge in [0.1, 0.15) is 0 Å². The Balaban J connectivity index is 2.57. The molecule has 0 saturated carbocycles. The molecule has 1 aromatic carbocycles. The van der Waals surface area contributed by atoms with Gasteiger partial charge in [-0.05, 0) is 31.0 Å². The number of rotatable bonds is 1. The number of benzene rings is 1. The first kappa shape index (κ1) is 9.53. The third-order valence-electron chi connectivity index (χ3n) is 2.65. The second kappa shape index (κ2) is 3.28. The standard InChI is InChI=1S/C11H12ClNO/c1-7(14)9-5-8-3-4-13(2)11(8)10(12)6-9/h5-6H,3-4H2,1-2H3. The first-order valence-corrected chi connectivity index (χ1v) is 5.02. The highest BCUT2D eigenvalue weighted by Gasteiger charge is 2.20. The van der Waals surface area contributed by atoms with Gasteiger partial charge in [-0.1, -0.05) is 11.6 Å². The Labute approximate surface area is 88.5 Å². The molecular weight excluding hydrogens is 198 g/mol. The molecule has 0 spiro atoms. The fourth-order valence-corrected chi connectivity index (χ4v) is 2.26. The van der Waals surface area contributed by atoms with Crippen molar-refractivity contribution in [2.24, 2.45) is 0 Å². The predicted octanol–water partition coefficient (Wildman–Crippen LogP) is 2.53. The molecule has 0 atom stereocenters. The van der Waals surface area contributed by atoms with E-state index >= 15 is 0 Å². The molecule has 0 aromatic heterocycles. The fourth-order valence-electron chi connectivity index (χ4n) is 1.88. The van der Waals surface area contributed by atoms with E-state index in [4.69, 9.17) is 11.6 Å². The maximum Gasteiger partial charge on any atom is 0.159 e. The van der Waals surface area contributed by atoms with Crippen molar-refractivity contribution in [3.05, 3.63) is 28.3 Å². The van der Waals surface area contributed by atoms with Crippen molar-refractivity contribution in [2.45, 2.75) is 13.3 Å². The van der Waals surface area contributed by atoms with Crippen molar-refractivity contribution in [1.82, 2.24) is 0 Å². The second-order valence-electron chi connectivity index (χ2n) is 3.69. The normalized spacial score (nSPS) is 14.4. The number of likely N-dealkylation sites (N-methyl/N-ethyl adjacent to an activating group) is 1. The minimum absolute atomic E-state index is 0.0734. The maximum atomic E-state index is 11.2. The van der Waals surface area contributed by atoms with E-state index in [2.05, 4.69) is 4.90 Å². The van der Waals surface area contributed by atoms with Gasteiger partial charge in [-0.2, -0.15) is 0 Å². The van der Waals surface area contributed by atoms with Gasteiger partial charge in [-0.3, -0.25) is 4.79 Å². The van der Waals surface area contributed by atoms with Crippen LogP contribution in [0.4, 0.5) is 5.69 Å². The van der Waals surface area contributed by atoms with E-state index in [9.17, 15) is 4.79 Å². The number of hydrogen-bond acceptors (Lipinski definition) is 2. The summed E-state index contributed by atoms with van der Waals surface area (Å²) in [4.78, 5) is 13.3. The highest BCUT2D eigenvalue weighted by molar-refractivity contribution is 6.34. The first-order chi connectivity index (χ1) is 6.59. The monoisotopic (exact) mass is 209 g/mol. The summed E-state index contributed by atoms with van der Waals surface area (Å²) < 4.78 is 0. The van der Waals surface area contributed by atoms with Gasteiger partial charge in [0.25, 0.3) is 0 Å². The van der Waals surface area contributed by atoms with Crippen molar-refractivity contribution < 1.29 is 4.79 Å². The number of ketones is 1. The summed E-state index contributed by atoms with van der Waals surface area (Å²) in [6.45, 7) is 2.55. The minimum atomic E-state index is 0.0734. The molecule has 0 N–H and O–H groups in total. The number of carbonyl (C=O) groups excluding carboxylic acids is 1. The number of hydrogen-bond donors (Lipinski definition) is 0. The lowest BCUT2D eigenvalue weighted by Gasteiger charge is -2.13. The maximum absolute atomic E-state index is 11.2. The average Bonchev–Trinajstić information content (AvgIpc) is 2.48. The van der Waals surface area contributed by atoms with Crippen LogP contribution >= 0.6 is 11.6 Å². The van der Waals surface area contributed by atoms with E-state index in [0.717, 1.165) is 18.7 Å². The van der Waals surface area contributed by atoms with Crippen LogP contribution in [-0.2, 0) is 6.42 Å². The number of halogens is 1. The zero-order chi connectivity index (χ0) is 10.3. The lowest BCUT2D eigenvalue weighted by Crippen LogP contribution is -2.12. The first-order valence-electron chi connectivity index (χ1n) is 4.64. The van der Waals surface area contributed by atoms with Crippen LogP contribution in [0, 0.1) is 0 Å². The van der Waals surface area contributed by atoms with Gasteiger partial charge < -0.3 is 4.90 Å². The largest absolute Gasteiger partial charge is 0.373 e. The van der Waals surface area contributed by atoms with Crippen LogP contribution in [0.25, 0.3) is 0 Å². The summed E-state index contributed by atoms with van der Waals surface area (Å²) >= 11 is 6.12. The zero-order valence-corrected chi connectivity index (χ0v) is 9.06. The van der Waals surface area contributed by atoms with Crippen molar-refractivity contribution >= 4 is 23.1 Å². The Kier molecular flexibility index (Phi) is 2.23. The van der Waals surface area contributed by atoms with E-state index in [1.54, 1.807) is 13.0 Å². The molecule has 2 nitrogen and oxygen atoms in total. The highest BCUT2D eigenvalue weighted by atomic mass is 35.5. The van der Waals surface area contributed by atoms with Gasteiger partial charge in [-0.25, -0.2) is 0 Å². The molecule has 1 aromatic rings. The van der Waals surface area contributed by atoms with Gasteiger partial charge >= 0.3 is 0 Å². The van der Waals surface area contributed by atoms with Crippen molar-refractivity contribution in [2.75, 3.05) is 18.5 Å². The molecule has 1 heterocycles. The van der Waals surface area contributed by atoms with E-state index in [1.165, 1.54) is 5.56 Å². The molecule has 0 aliphatic carbocycles. The van der Waals surface area contributed by atoms with E-state index in [1.807, 2.05) is 13.1 Å². The summed E-state index contributed by atoms with van der Waals surface area (Å²) in [6.07, 6.45) is 0.979. The van der Waals surface area contributed by atoms with E-state index in [0.29, 0.717) is 10.6 Å². The Bertz CT molecular complexity index is 401. The topological polar surface area (TPSA) is 20.3 Å². The molecule has 2 rings (SSSR count). The number of anilines is 1. The molecule has 1 aliphatic rings. The van der Waals surface area contributed by atoms with Crippen LogP contribution in [-0.4, -0.2) is 19.4 Å². The molecule has 0 amide bonds. The van der Waals surface area contributed by atoms with E-state index in [-0.39, 0.29) is 5.78 Å². The molecule has 0 unspecified atom stereocenters. The molecule has 0 bridgehead atoms. The third kappa shape index (κ3) is 1.40. The third-order valence-corrected chi connectivity index (χ3v) is 2.94. The zero-order valence-electron chi connectivity index (χ0n) is 8.30. The Hall–Kier alpha value is -1.02. The fraction of sp³-hybridized carbons (Fsp3) is 0.364. The Morgan fingerprint density at radius 2 is 2.21 bits per heavy atom. The van der Waals surface area contributed by atoms with Gasteiger partial charge in [-0.15, -0.1) is 0 Å². The van der Waals surface area contributed by atoms with Gasteiger partial charge in [0.05, 0.1) is 10.7 Å². The van der Waals surface area contributed by atoms with Crippen LogP contribution in [0.1, 0.15) is 22.8 Å². The van der Waals surface area contributed by atoms with Crippen LogP contribution in [0.15, 0.2) is 12.1 Å². The van der Waals surface area contributed by atoms with Crippen LogP contribution in [0.3, 0.4) is 0 Å². The summed E-state index contributed by atoms with van der Waals surface area (Å²) in [5.41, 5.74) is 2.98. The van der Waals surface area contributed by atoms with Crippen LogP contribution in [0.2, 0.25) is 5.02 Å². The lowest BCUT2D eigenvalue weighted by atomic mass is 10.1. The molecule has 3 heteroatoms. The molecule has 74 valence electrons. The smallest absolute Gasteiger partial charge is 0.159 e. The second-order valence-corrected chi connectivity index (χ2v) is 4.10. The van der Waals surface area contributed by atoms with E-state index < -0.39 is 0 Å². The minimum Gasteiger partial charge on any atom is -0.373 e. The molecule has 0 fully saturated rings. The SMILES string of the molecule is CC(=O)c1cc(Cl)c2c(c1)CCN2C. The molecule has 14 heavy (non-hydrogen) atoms. The summed E-state index contributed by atoms with van der Waals surface area (Å²) in [7, 11) is 2.02. The summed E-state index contributed by atoms with van der Waals surface area (Å²) in [6, 6.07) is 3.71. The van der Waals surface area contributed by atoms with Crippen molar-refractivity contribution in [3.63, 3.8) is 0 Å². The van der Waals surface area contributed by atoms with Gasteiger partial charge in [0.2, 0.25) is 0 Å². The quantitative estimate of drug-likeness (QED) is 0.663. The van der Waals surface area contributed by atoms with Gasteiger partial charge in [0.15, 0.2) is 5.78 Å². The molecular formula is C11H12ClNO. The van der Waals surface area contributed by atoms with Crippen LogP contribution in [0.5, 0.6) is 0 Å². The van der Waals surface area contributed by atoms with Gasteiger partial charge in [0, 0.05) is 19.2 Å². The number of nitrogens with zero attached hydrogens (tertiary/aromatic N) is 1. The highest BCUT2D eigenvalue weighted by Crippen LogP contribution is 2.35. The summed E-state index contributed by atoms with van der Waals surface area (Å²) in [5.74, 6) is 0.0734. The molecule has 0 radical (unpaired) electrons. The van der Waals surface area contributed by atoms with Crippen molar-refractivity contribution in [3.8, 4) is 0 Å². The number of fused-ring (bicyclic) bond motifs is 1.